The van der Waals surface area contributed by atoms with Crippen molar-refractivity contribution in [2.45, 2.75) is 18.8 Å². The van der Waals surface area contributed by atoms with Crippen LogP contribution in [0.15, 0.2) is 40.6 Å². The van der Waals surface area contributed by atoms with Crippen LogP contribution in [-0.2, 0) is 0 Å². The Labute approximate surface area is 181 Å². The Hall–Kier alpha value is -2.58. The van der Waals surface area contributed by atoms with E-state index >= 15 is 0 Å². The molecule has 0 aromatic carbocycles. The third kappa shape index (κ3) is 3.26. The topological polar surface area (TPSA) is 80.8 Å². The second-order valence-corrected chi connectivity index (χ2v) is 9.24. The van der Waals surface area contributed by atoms with Crippen molar-refractivity contribution in [3.05, 3.63) is 46.1 Å². The van der Waals surface area contributed by atoms with Crippen molar-refractivity contribution in [3.8, 4) is 21.7 Å². The van der Waals surface area contributed by atoms with Crippen LogP contribution in [0.2, 0.25) is 0 Å². The molecule has 0 saturated heterocycles. The van der Waals surface area contributed by atoms with E-state index in [-0.39, 0.29) is 0 Å². The number of rotatable bonds is 4. The number of nitrogen functional groups attached to an aromatic ring is 1. The summed E-state index contributed by atoms with van der Waals surface area (Å²) in [5.74, 6) is 1.85. The molecule has 0 amide bonds. The first-order valence-corrected chi connectivity index (χ1v) is 11.0. The van der Waals surface area contributed by atoms with Gasteiger partial charge in [0.05, 0.1) is 11.1 Å². The third-order valence-electron chi connectivity index (χ3n) is 5.13. The first-order chi connectivity index (χ1) is 14.0. The first-order valence-electron chi connectivity index (χ1n) is 9.35. The van der Waals surface area contributed by atoms with Gasteiger partial charge in [-0.05, 0) is 58.5 Å². The zero-order valence-corrected chi connectivity index (χ0v) is 18.5. The lowest BCUT2D eigenvalue weighted by atomic mass is 9.94. The van der Waals surface area contributed by atoms with Crippen LogP contribution >= 0.6 is 27.3 Å². The van der Waals surface area contributed by atoms with E-state index in [1.54, 1.807) is 11.3 Å². The van der Waals surface area contributed by atoms with Crippen LogP contribution in [0.4, 0.5) is 11.6 Å². The number of fused-ring (bicyclic) bond motifs is 1. The summed E-state index contributed by atoms with van der Waals surface area (Å²) in [5.41, 5.74) is 11.2. The van der Waals surface area contributed by atoms with Crippen LogP contribution in [0, 0.1) is 0 Å². The largest absolute Gasteiger partial charge is 0.383 e. The molecular formula is C21H19BrN6S. The van der Waals surface area contributed by atoms with Crippen LogP contribution in [0.3, 0.4) is 0 Å². The summed E-state index contributed by atoms with van der Waals surface area (Å²) in [5, 5.41) is 2.93. The van der Waals surface area contributed by atoms with Crippen molar-refractivity contribution in [3.63, 3.8) is 0 Å². The maximum absolute atomic E-state index is 6.32. The fourth-order valence-electron chi connectivity index (χ4n) is 3.61. The van der Waals surface area contributed by atoms with E-state index in [1.807, 2.05) is 31.3 Å². The Kier molecular flexibility index (Phi) is 4.48. The second-order valence-electron chi connectivity index (χ2n) is 7.41. The maximum Gasteiger partial charge on any atom is 0.165 e. The Morgan fingerprint density at radius 2 is 2.00 bits per heavy atom. The molecule has 6 nitrogen and oxygen atoms in total. The zero-order chi connectivity index (χ0) is 20.1. The normalized spacial score (nSPS) is 13.8. The molecule has 4 aromatic rings. The summed E-state index contributed by atoms with van der Waals surface area (Å²) in [6.45, 7) is 0. The molecule has 1 aliphatic rings. The van der Waals surface area contributed by atoms with E-state index in [2.05, 4.69) is 48.4 Å². The van der Waals surface area contributed by atoms with Crippen LogP contribution in [0.25, 0.3) is 32.7 Å². The Morgan fingerprint density at radius 3 is 2.62 bits per heavy atom. The highest BCUT2D eigenvalue weighted by Gasteiger charge is 2.33. The molecule has 5 rings (SSSR count). The van der Waals surface area contributed by atoms with Crippen LogP contribution in [0.5, 0.6) is 0 Å². The van der Waals surface area contributed by atoms with E-state index in [9.17, 15) is 0 Å². The number of nitrogens with zero attached hydrogens (tertiary/aromatic N) is 5. The average Bonchev–Trinajstić information content (AvgIpc) is 3.47. The van der Waals surface area contributed by atoms with E-state index in [0.717, 1.165) is 50.2 Å². The third-order valence-corrected chi connectivity index (χ3v) is 6.84. The Morgan fingerprint density at radius 1 is 1.17 bits per heavy atom. The van der Waals surface area contributed by atoms with Crippen molar-refractivity contribution in [1.29, 1.82) is 0 Å². The number of pyridine rings is 2. The van der Waals surface area contributed by atoms with Crippen molar-refractivity contribution >= 4 is 49.9 Å². The van der Waals surface area contributed by atoms with Crippen LogP contribution in [0.1, 0.15) is 24.3 Å². The standard InChI is InChI=1S/C21H19BrN6S/c1-28(2)15-6-5-12(8-24-15)19-16(11-3-4-11)17(14-7-13(22)9-29-14)18-20(23)25-10-26-21(18)27-19/h5-11H,3-4H2,1-2H3,(H2,23,25,26,27). The SMILES string of the molecule is CN(C)c1ccc(-c2nc3ncnc(N)c3c(-c3cc(Br)cs3)c2C2CC2)cn1. The summed E-state index contributed by atoms with van der Waals surface area (Å²) in [7, 11) is 3.97. The monoisotopic (exact) mass is 466 g/mol. The van der Waals surface area contributed by atoms with Gasteiger partial charge in [-0.2, -0.15) is 0 Å². The van der Waals surface area contributed by atoms with Gasteiger partial charge in [0, 0.05) is 46.1 Å². The fourth-order valence-corrected chi connectivity index (χ4v) is 5.11. The summed E-state index contributed by atoms with van der Waals surface area (Å²) in [6, 6.07) is 6.24. The van der Waals surface area contributed by atoms with Gasteiger partial charge in [0.1, 0.15) is 18.0 Å². The van der Waals surface area contributed by atoms with Crippen molar-refractivity contribution in [1.82, 2.24) is 19.9 Å². The minimum atomic E-state index is 0.464. The fraction of sp³-hybridized carbons (Fsp3) is 0.238. The molecule has 1 fully saturated rings. The van der Waals surface area contributed by atoms with Gasteiger partial charge in [0.15, 0.2) is 5.65 Å². The number of halogens is 1. The number of anilines is 2. The Bertz CT molecular complexity index is 1210. The summed E-state index contributed by atoms with van der Waals surface area (Å²) in [4.78, 5) is 21.4. The number of hydrogen-bond donors (Lipinski definition) is 1. The predicted octanol–water partition coefficient (Wildman–Crippen LogP) is 5.10. The summed E-state index contributed by atoms with van der Waals surface area (Å²) in [6.07, 6.45) is 5.67. The number of nitrogens with two attached hydrogens (primary N) is 1. The highest BCUT2D eigenvalue weighted by Crippen LogP contribution is 2.51. The predicted molar refractivity (Wildman–Crippen MR) is 122 cm³/mol. The van der Waals surface area contributed by atoms with Gasteiger partial charge in [-0.25, -0.2) is 19.9 Å². The van der Waals surface area contributed by atoms with Crippen LogP contribution < -0.4 is 10.6 Å². The van der Waals surface area contributed by atoms with Gasteiger partial charge in [-0.15, -0.1) is 11.3 Å². The highest BCUT2D eigenvalue weighted by molar-refractivity contribution is 9.10. The molecule has 2 N–H and O–H groups in total. The van der Waals surface area contributed by atoms with E-state index < -0.39 is 0 Å². The van der Waals surface area contributed by atoms with Crippen molar-refractivity contribution in [2.24, 2.45) is 0 Å². The van der Waals surface area contributed by atoms with Crippen molar-refractivity contribution in [2.75, 3.05) is 24.7 Å². The number of hydrogen-bond acceptors (Lipinski definition) is 7. The van der Waals surface area contributed by atoms with Gasteiger partial charge >= 0.3 is 0 Å². The lowest BCUT2D eigenvalue weighted by Gasteiger charge is -2.17. The quantitative estimate of drug-likeness (QED) is 0.450. The molecule has 0 radical (unpaired) electrons. The molecule has 4 aromatic heterocycles. The molecule has 4 heterocycles. The highest BCUT2D eigenvalue weighted by atomic mass is 79.9. The van der Waals surface area contributed by atoms with Gasteiger partial charge in [0.2, 0.25) is 0 Å². The second kappa shape index (κ2) is 7.03. The Balaban J connectivity index is 1.84. The van der Waals surface area contributed by atoms with Gasteiger partial charge in [-0.1, -0.05) is 0 Å². The van der Waals surface area contributed by atoms with Gasteiger partial charge < -0.3 is 10.6 Å². The summed E-state index contributed by atoms with van der Waals surface area (Å²) >= 11 is 5.28. The molecular weight excluding hydrogens is 448 g/mol. The molecule has 0 bridgehead atoms. The minimum absolute atomic E-state index is 0.464. The average molecular weight is 467 g/mol. The minimum Gasteiger partial charge on any atom is -0.383 e. The lowest BCUT2D eigenvalue weighted by molar-refractivity contribution is 1.06. The van der Waals surface area contributed by atoms with E-state index in [4.69, 9.17) is 10.7 Å². The smallest absolute Gasteiger partial charge is 0.165 e. The van der Waals surface area contributed by atoms with E-state index in [1.165, 1.54) is 11.9 Å². The molecule has 0 spiro atoms. The molecule has 146 valence electrons. The van der Waals surface area contributed by atoms with Crippen molar-refractivity contribution < 1.29 is 0 Å². The molecule has 0 aliphatic heterocycles. The van der Waals surface area contributed by atoms with Gasteiger partial charge in [-0.3, -0.25) is 0 Å². The molecule has 0 unspecified atom stereocenters. The number of aromatic nitrogens is 4. The first kappa shape index (κ1) is 18.4. The molecule has 29 heavy (non-hydrogen) atoms. The molecule has 1 saturated carbocycles. The molecule has 8 heteroatoms. The van der Waals surface area contributed by atoms with Gasteiger partial charge in [0.25, 0.3) is 0 Å². The lowest BCUT2D eigenvalue weighted by Crippen LogP contribution is -2.10. The maximum atomic E-state index is 6.32. The van der Waals surface area contributed by atoms with E-state index in [0.29, 0.717) is 17.4 Å². The number of thiophene rings is 1. The zero-order valence-electron chi connectivity index (χ0n) is 16.1. The molecule has 0 atom stereocenters. The van der Waals surface area contributed by atoms with Crippen LogP contribution in [-0.4, -0.2) is 34.0 Å². The summed E-state index contributed by atoms with van der Waals surface area (Å²) < 4.78 is 1.05. The molecule has 1 aliphatic carbocycles.